The molecule has 0 bridgehead atoms. The lowest BCUT2D eigenvalue weighted by atomic mass is 9.83. The highest BCUT2D eigenvalue weighted by molar-refractivity contribution is 5.96. The summed E-state index contributed by atoms with van der Waals surface area (Å²) in [5.74, 6) is 1.97. The Balaban J connectivity index is 2.17. The first-order chi connectivity index (χ1) is 11.7. The van der Waals surface area contributed by atoms with E-state index in [9.17, 15) is 4.79 Å². The summed E-state index contributed by atoms with van der Waals surface area (Å²) in [5, 5.41) is 2.92. The highest BCUT2D eigenvalue weighted by Gasteiger charge is 2.32. The fraction of sp³-hybridized carbons (Fsp3) is 0.316. The van der Waals surface area contributed by atoms with Crippen LogP contribution >= 0.6 is 0 Å². The summed E-state index contributed by atoms with van der Waals surface area (Å²) < 4.78 is 16.6. The Morgan fingerprint density at radius 3 is 2.62 bits per heavy atom. The Bertz CT molecular complexity index is 757. The van der Waals surface area contributed by atoms with Gasteiger partial charge in [0.2, 0.25) is 5.91 Å². The maximum absolute atomic E-state index is 12.2. The van der Waals surface area contributed by atoms with E-state index in [-0.39, 0.29) is 11.8 Å². The molecule has 0 unspecified atom stereocenters. The third-order valence-electron chi connectivity index (χ3n) is 4.18. The number of rotatable bonds is 5. The molecule has 1 N–H and O–H groups in total. The minimum Gasteiger partial charge on any atom is -0.497 e. The second kappa shape index (κ2) is 6.83. The number of nitrogens with one attached hydrogen (secondary N) is 1. The molecular formula is C19H21NO4. The summed E-state index contributed by atoms with van der Waals surface area (Å²) in [7, 11) is 3.21. The molecule has 3 rings (SSSR count). The van der Waals surface area contributed by atoms with E-state index >= 15 is 0 Å². The van der Waals surface area contributed by atoms with Crippen LogP contribution in [-0.4, -0.2) is 26.7 Å². The quantitative estimate of drug-likeness (QED) is 0.912. The van der Waals surface area contributed by atoms with Crippen LogP contribution in [0.2, 0.25) is 0 Å². The van der Waals surface area contributed by atoms with Crippen molar-refractivity contribution in [2.45, 2.75) is 19.3 Å². The van der Waals surface area contributed by atoms with Gasteiger partial charge in [0.1, 0.15) is 17.2 Å². The van der Waals surface area contributed by atoms with Gasteiger partial charge < -0.3 is 19.5 Å². The number of fused-ring (bicyclic) bond motifs is 1. The van der Waals surface area contributed by atoms with Gasteiger partial charge in [0, 0.05) is 35.6 Å². The number of para-hydroxylation sites is 1. The lowest BCUT2D eigenvalue weighted by molar-refractivity contribution is -0.116. The average Bonchev–Trinajstić information content (AvgIpc) is 2.60. The number of carbonyl (C=O) groups excluding carboxylic acids is 1. The minimum atomic E-state index is -0.127. The molecule has 0 aliphatic carbocycles. The Kier molecular flexibility index (Phi) is 4.60. The van der Waals surface area contributed by atoms with Crippen LogP contribution in [0.4, 0.5) is 5.69 Å². The lowest BCUT2D eigenvalue weighted by Gasteiger charge is -2.29. The number of benzene rings is 2. The molecule has 126 valence electrons. The predicted molar refractivity (Wildman–Crippen MR) is 92.2 cm³/mol. The summed E-state index contributed by atoms with van der Waals surface area (Å²) >= 11 is 0. The van der Waals surface area contributed by atoms with Crippen LogP contribution in [0.5, 0.6) is 17.2 Å². The number of carbonyl (C=O) groups is 1. The van der Waals surface area contributed by atoms with Crippen LogP contribution in [0, 0.1) is 0 Å². The molecule has 5 heteroatoms. The Morgan fingerprint density at radius 2 is 1.92 bits per heavy atom. The maximum Gasteiger partial charge on any atom is 0.225 e. The molecule has 0 saturated carbocycles. The highest BCUT2D eigenvalue weighted by atomic mass is 16.5. The topological polar surface area (TPSA) is 56.8 Å². The first-order valence-electron chi connectivity index (χ1n) is 7.95. The van der Waals surface area contributed by atoms with E-state index in [1.54, 1.807) is 14.2 Å². The van der Waals surface area contributed by atoms with Crippen molar-refractivity contribution in [2.75, 3.05) is 26.1 Å². The van der Waals surface area contributed by atoms with Crippen LogP contribution in [0.15, 0.2) is 36.4 Å². The largest absolute Gasteiger partial charge is 0.497 e. The number of hydrogen-bond acceptors (Lipinski definition) is 4. The average molecular weight is 327 g/mol. The lowest BCUT2D eigenvalue weighted by Crippen LogP contribution is -2.24. The third-order valence-corrected chi connectivity index (χ3v) is 4.18. The third kappa shape index (κ3) is 2.89. The van der Waals surface area contributed by atoms with Crippen molar-refractivity contribution >= 4 is 11.6 Å². The molecule has 0 saturated heterocycles. The van der Waals surface area contributed by atoms with Gasteiger partial charge in [-0.1, -0.05) is 18.2 Å². The van der Waals surface area contributed by atoms with Crippen LogP contribution in [0.1, 0.15) is 30.4 Å². The van der Waals surface area contributed by atoms with Crippen molar-refractivity contribution in [3.63, 3.8) is 0 Å². The van der Waals surface area contributed by atoms with E-state index in [2.05, 4.69) is 5.32 Å². The van der Waals surface area contributed by atoms with Crippen molar-refractivity contribution in [1.82, 2.24) is 0 Å². The van der Waals surface area contributed by atoms with E-state index < -0.39 is 0 Å². The van der Waals surface area contributed by atoms with Crippen molar-refractivity contribution in [1.29, 1.82) is 0 Å². The summed E-state index contributed by atoms with van der Waals surface area (Å²) in [6.45, 7) is 2.52. The first kappa shape index (κ1) is 16.2. The number of methoxy groups -OCH3 is 2. The van der Waals surface area contributed by atoms with Gasteiger partial charge >= 0.3 is 0 Å². The zero-order valence-corrected chi connectivity index (χ0v) is 14.1. The molecule has 0 fully saturated rings. The van der Waals surface area contributed by atoms with Gasteiger partial charge in [-0.2, -0.15) is 0 Å². The molecule has 1 amide bonds. The number of amides is 1. The molecule has 1 atom stereocenters. The maximum atomic E-state index is 12.2. The first-order valence-corrected chi connectivity index (χ1v) is 7.95. The zero-order chi connectivity index (χ0) is 17.1. The van der Waals surface area contributed by atoms with Gasteiger partial charge in [-0.25, -0.2) is 0 Å². The molecule has 1 aliphatic heterocycles. The molecular weight excluding hydrogens is 306 g/mol. The monoisotopic (exact) mass is 327 g/mol. The molecule has 0 spiro atoms. The number of anilines is 1. The molecule has 24 heavy (non-hydrogen) atoms. The second-order valence-corrected chi connectivity index (χ2v) is 5.57. The number of hydrogen-bond donors (Lipinski definition) is 1. The fourth-order valence-corrected chi connectivity index (χ4v) is 3.16. The van der Waals surface area contributed by atoms with Crippen molar-refractivity contribution in [3.8, 4) is 17.2 Å². The summed E-state index contributed by atoms with van der Waals surface area (Å²) in [4.78, 5) is 12.2. The van der Waals surface area contributed by atoms with Gasteiger partial charge in [-0.3, -0.25) is 4.79 Å². The van der Waals surface area contributed by atoms with Crippen molar-refractivity contribution in [2.24, 2.45) is 0 Å². The second-order valence-electron chi connectivity index (χ2n) is 5.57. The smallest absolute Gasteiger partial charge is 0.225 e. The zero-order valence-electron chi connectivity index (χ0n) is 14.1. The van der Waals surface area contributed by atoms with Crippen LogP contribution < -0.4 is 19.5 Å². The van der Waals surface area contributed by atoms with Crippen LogP contribution in [-0.2, 0) is 4.79 Å². The van der Waals surface area contributed by atoms with E-state index in [0.717, 1.165) is 22.6 Å². The number of ether oxygens (including phenoxy) is 3. The Morgan fingerprint density at radius 1 is 1.12 bits per heavy atom. The van der Waals surface area contributed by atoms with Gasteiger partial charge in [0.25, 0.3) is 0 Å². The molecule has 1 heterocycles. The standard InChI is InChI=1S/C19H21NO4/c1-4-24-16-8-6-5-7-13(16)14-11-18(21)20-15-9-12(22-2)10-17(23-3)19(14)15/h5-10,14H,4,11H2,1-3H3,(H,20,21)/t14-/m0/s1. The molecule has 0 aromatic heterocycles. The minimum absolute atomic E-state index is 0.0332. The SMILES string of the molecule is CCOc1ccccc1[C@@H]1CC(=O)Nc2cc(OC)cc(OC)c21. The predicted octanol–water partition coefficient (Wildman–Crippen LogP) is 3.58. The van der Waals surface area contributed by atoms with Crippen molar-refractivity contribution in [3.05, 3.63) is 47.5 Å². The molecule has 5 nitrogen and oxygen atoms in total. The van der Waals surface area contributed by atoms with Gasteiger partial charge in [0.15, 0.2) is 0 Å². The normalized spacial score (nSPS) is 16.1. The highest BCUT2D eigenvalue weighted by Crippen LogP contribution is 2.46. The van der Waals surface area contributed by atoms with Crippen LogP contribution in [0.3, 0.4) is 0 Å². The van der Waals surface area contributed by atoms with Gasteiger partial charge in [-0.05, 0) is 13.0 Å². The molecule has 1 aliphatic rings. The van der Waals surface area contributed by atoms with Gasteiger partial charge in [-0.15, -0.1) is 0 Å². The van der Waals surface area contributed by atoms with Crippen LogP contribution in [0.25, 0.3) is 0 Å². The molecule has 0 radical (unpaired) electrons. The molecule has 2 aromatic carbocycles. The van der Waals surface area contributed by atoms with Gasteiger partial charge in [0.05, 0.1) is 26.5 Å². The summed E-state index contributed by atoms with van der Waals surface area (Å²) in [6.07, 6.45) is 0.347. The Labute approximate surface area is 141 Å². The molecule has 2 aromatic rings. The van der Waals surface area contributed by atoms with E-state index in [4.69, 9.17) is 14.2 Å². The Hall–Kier alpha value is -2.69. The van der Waals surface area contributed by atoms with E-state index in [1.807, 2.05) is 43.3 Å². The summed E-state index contributed by atoms with van der Waals surface area (Å²) in [6, 6.07) is 11.5. The van der Waals surface area contributed by atoms with E-state index in [1.165, 1.54) is 0 Å². The van der Waals surface area contributed by atoms with Crippen molar-refractivity contribution < 1.29 is 19.0 Å². The summed E-state index contributed by atoms with van der Waals surface area (Å²) in [5.41, 5.74) is 2.66. The van der Waals surface area contributed by atoms with E-state index in [0.29, 0.717) is 24.5 Å². The fourth-order valence-electron chi connectivity index (χ4n) is 3.16.